The molecule has 0 amide bonds. The molecule has 0 N–H and O–H groups in total. The van der Waals surface area contributed by atoms with Gasteiger partial charge in [0, 0.05) is 33.9 Å². The van der Waals surface area contributed by atoms with E-state index in [4.69, 9.17) is 4.74 Å². The Labute approximate surface area is 385 Å². The zero-order chi connectivity index (χ0) is 45.6. The van der Waals surface area contributed by atoms with Gasteiger partial charge in [0.15, 0.2) is 0 Å². The lowest BCUT2D eigenvalue weighted by atomic mass is 9.32. The summed E-state index contributed by atoms with van der Waals surface area (Å²) in [6.07, 6.45) is 2.33. The summed E-state index contributed by atoms with van der Waals surface area (Å²) < 4.78 is 7.56. The Balaban J connectivity index is 1.32. The van der Waals surface area contributed by atoms with Gasteiger partial charge in [-0.2, -0.15) is 0 Å². The van der Waals surface area contributed by atoms with Crippen molar-refractivity contribution in [3.63, 3.8) is 0 Å². The molecule has 328 valence electrons. The molecule has 4 heteroatoms. The summed E-state index contributed by atoms with van der Waals surface area (Å²) in [5, 5.41) is 0. The monoisotopic (exact) mass is 845 g/mol. The number of nitrogens with zero attached hydrogens (tertiary/aromatic N) is 2. The topological polar surface area (TPSA) is 15.7 Å². The molecule has 3 nitrogen and oxygen atoms in total. The molecule has 4 aliphatic rings. The van der Waals surface area contributed by atoms with Crippen molar-refractivity contribution in [3.05, 3.63) is 154 Å². The highest BCUT2D eigenvalue weighted by Gasteiger charge is 2.56. The van der Waals surface area contributed by atoms with Gasteiger partial charge in [0.2, 0.25) is 0 Å². The molecular weight excluding hydrogens is 775 g/mol. The molecule has 3 aliphatic heterocycles. The van der Waals surface area contributed by atoms with Crippen LogP contribution in [-0.2, 0) is 27.1 Å². The molecule has 0 saturated heterocycles. The Hall–Kier alpha value is -5.22. The van der Waals surface area contributed by atoms with Gasteiger partial charge >= 0.3 is 0 Å². The van der Waals surface area contributed by atoms with Crippen molar-refractivity contribution in [2.45, 2.75) is 156 Å². The minimum atomic E-state index is -0.157. The van der Waals surface area contributed by atoms with Gasteiger partial charge in [-0.1, -0.05) is 157 Å². The van der Waals surface area contributed by atoms with Crippen LogP contribution >= 0.6 is 0 Å². The summed E-state index contributed by atoms with van der Waals surface area (Å²) in [6.45, 7) is 35.5. The maximum atomic E-state index is 7.56. The van der Waals surface area contributed by atoms with Crippen molar-refractivity contribution in [3.8, 4) is 16.9 Å². The normalized spacial score (nSPS) is 19.3. The van der Waals surface area contributed by atoms with Crippen molar-refractivity contribution in [2.75, 3.05) is 9.80 Å². The predicted octanol–water partition coefficient (Wildman–Crippen LogP) is 14.8. The van der Waals surface area contributed by atoms with Gasteiger partial charge < -0.3 is 14.5 Å². The SMILES string of the molecule is Cc1cc2c3c(c1)N(c1ccc(C(C)(C)C)cc1)C1c4ccc(C(C)(C)C)cc4OC1B3c1cc(C(C)(C)C)ccc1N2c1c(-c2ccccc2)cc2c(c1C)C(C)(C)CCC2(C)C. The molecule has 0 aromatic heterocycles. The lowest BCUT2D eigenvalue weighted by Gasteiger charge is -2.49. The van der Waals surface area contributed by atoms with Gasteiger partial charge in [-0.15, -0.1) is 0 Å². The van der Waals surface area contributed by atoms with Crippen LogP contribution in [0, 0.1) is 13.8 Å². The Morgan fingerprint density at radius 2 is 1.20 bits per heavy atom. The van der Waals surface area contributed by atoms with E-state index in [2.05, 4.69) is 223 Å². The van der Waals surface area contributed by atoms with Gasteiger partial charge in [0.25, 0.3) is 6.71 Å². The smallest absolute Gasteiger partial charge is 0.267 e. The molecule has 1 aliphatic carbocycles. The summed E-state index contributed by atoms with van der Waals surface area (Å²) in [6, 6.07) is 42.5. The Kier molecular flexibility index (Phi) is 9.44. The van der Waals surface area contributed by atoms with E-state index in [1.54, 1.807) is 0 Å². The van der Waals surface area contributed by atoms with E-state index in [1.807, 2.05) is 0 Å². The van der Waals surface area contributed by atoms with Crippen LogP contribution in [0.1, 0.15) is 153 Å². The highest BCUT2D eigenvalue weighted by Crippen LogP contribution is 2.57. The summed E-state index contributed by atoms with van der Waals surface area (Å²) in [4.78, 5) is 5.35. The molecule has 0 fully saturated rings. The third-order valence-corrected chi connectivity index (χ3v) is 15.6. The minimum Gasteiger partial charge on any atom is -0.495 e. The van der Waals surface area contributed by atoms with Crippen LogP contribution in [0.5, 0.6) is 5.75 Å². The first-order valence-electron chi connectivity index (χ1n) is 24.0. The van der Waals surface area contributed by atoms with E-state index < -0.39 is 0 Å². The molecule has 2 atom stereocenters. The van der Waals surface area contributed by atoms with Crippen LogP contribution in [0.25, 0.3) is 11.1 Å². The number of hydrogen-bond acceptors (Lipinski definition) is 3. The number of ether oxygens (including phenoxy) is 1. The van der Waals surface area contributed by atoms with Crippen molar-refractivity contribution >= 4 is 46.1 Å². The van der Waals surface area contributed by atoms with Crippen LogP contribution in [0.2, 0.25) is 0 Å². The van der Waals surface area contributed by atoms with E-state index in [1.165, 1.54) is 101 Å². The molecule has 6 aromatic rings. The maximum Gasteiger partial charge on any atom is 0.267 e. The van der Waals surface area contributed by atoms with Crippen LogP contribution in [-0.4, -0.2) is 12.7 Å². The Morgan fingerprint density at radius 1 is 0.609 bits per heavy atom. The van der Waals surface area contributed by atoms with Gasteiger partial charge in [-0.3, -0.25) is 0 Å². The van der Waals surface area contributed by atoms with Crippen LogP contribution in [0.3, 0.4) is 0 Å². The molecule has 10 rings (SSSR count). The minimum absolute atomic E-state index is 0.00556. The van der Waals surface area contributed by atoms with Crippen LogP contribution in [0.4, 0.5) is 28.4 Å². The van der Waals surface area contributed by atoms with E-state index in [0.29, 0.717) is 0 Å². The maximum absolute atomic E-state index is 7.56. The number of aryl methyl sites for hydroxylation is 1. The van der Waals surface area contributed by atoms with Crippen molar-refractivity contribution in [1.29, 1.82) is 0 Å². The van der Waals surface area contributed by atoms with Crippen LogP contribution in [0.15, 0.2) is 109 Å². The molecule has 0 bridgehead atoms. The van der Waals surface area contributed by atoms with E-state index in [0.717, 1.165) is 12.2 Å². The average molecular weight is 845 g/mol. The first kappa shape index (κ1) is 42.7. The van der Waals surface area contributed by atoms with E-state index >= 15 is 0 Å². The van der Waals surface area contributed by atoms with Crippen LogP contribution < -0.4 is 25.5 Å². The van der Waals surface area contributed by atoms with Crippen molar-refractivity contribution < 1.29 is 4.74 Å². The second-order valence-electron chi connectivity index (χ2n) is 24.2. The summed E-state index contributed by atoms with van der Waals surface area (Å²) >= 11 is 0. The van der Waals surface area contributed by atoms with E-state index in [9.17, 15) is 0 Å². The second kappa shape index (κ2) is 14.1. The average Bonchev–Trinajstić information content (AvgIpc) is 3.60. The summed E-state index contributed by atoms with van der Waals surface area (Å²) in [5.74, 6) is 1.02. The molecule has 3 heterocycles. The second-order valence-corrected chi connectivity index (χ2v) is 24.2. The van der Waals surface area contributed by atoms with Gasteiger partial charge in [-0.05, 0) is 152 Å². The Bertz CT molecular complexity index is 2850. The standard InChI is InChI=1S/C60H69BN2O/c1-36-31-48-52-49(32-36)63(53-37(2)51-45(59(12,13)29-30-60(51,14)15)35-44(53)38-19-17-16-18-20-38)47-28-24-40(57(6,7)8)33-46(47)61(52)55-54(43-27-23-41(58(9,10)11)34-50(43)64-55)62(48)42-25-21-39(22-26-42)56(3,4)5/h16-28,31-35,54-55H,29-30H2,1-15H3. The quantitative estimate of drug-likeness (QED) is 0.165. The van der Waals surface area contributed by atoms with Crippen molar-refractivity contribution in [2.24, 2.45) is 0 Å². The first-order chi connectivity index (χ1) is 30.0. The number of anilines is 5. The summed E-state index contributed by atoms with van der Waals surface area (Å²) in [7, 11) is 0. The first-order valence-corrected chi connectivity index (χ1v) is 24.0. The highest BCUT2D eigenvalue weighted by atomic mass is 16.5. The number of fused-ring (bicyclic) bond motifs is 7. The molecule has 0 radical (unpaired) electrons. The number of hydrogen-bond donors (Lipinski definition) is 0. The van der Waals surface area contributed by atoms with Gasteiger partial charge in [0.1, 0.15) is 11.8 Å². The van der Waals surface area contributed by atoms with Crippen molar-refractivity contribution in [1.82, 2.24) is 0 Å². The molecule has 6 aromatic carbocycles. The number of benzene rings is 6. The largest absolute Gasteiger partial charge is 0.495 e. The molecule has 0 saturated carbocycles. The third kappa shape index (κ3) is 6.59. The van der Waals surface area contributed by atoms with Gasteiger partial charge in [-0.25, -0.2) is 0 Å². The fourth-order valence-electron chi connectivity index (χ4n) is 11.9. The zero-order valence-corrected chi connectivity index (χ0v) is 41.3. The van der Waals surface area contributed by atoms with E-state index in [-0.39, 0.29) is 45.8 Å². The lowest BCUT2D eigenvalue weighted by molar-refractivity contribution is 0.282. The van der Waals surface area contributed by atoms with Gasteiger partial charge in [0.05, 0.1) is 11.7 Å². The highest BCUT2D eigenvalue weighted by molar-refractivity contribution is 6.91. The number of rotatable bonds is 3. The summed E-state index contributed by atoms with van der Waals surface area (Å²) in [5.41, 5.74) is 22.5. The molecule has 64 heavy (non-hydrogen) atoms. The molecule has 2 unspecified atom stereocenters. The zero-order valence-electron chi connectivity index (χ0n) is 41.3. The Morgan fingerprint density at radius 3 is 1.86 bits per heavy atom. The molecular formula is C60H69BN2O. The predicted molar refractivity (Wildman–Crippen MR) is 275 cm³/mol. The fraction of sp³-hybridized carbons (Fsp3) is 0.400. The third-order valence-electron chi connectivity index (χ3n) is 15.6. The molecule has 0 spiro atoms. The fourth-order valence-corrected chi connectivity index (χ4v) is 11.9. The lowest BCUT2D eigenvalue weighted by Crippen LogP contribution is -2.65.